The number of aryl methyl sites for hydroxylation is 1. The third-order valence-corrected chi connectivity index (χ3v) is 5.09. The van der Waals surface area contributed by atoms with Crippen molar-refractivity contribution in [1.29, 1.82) is 0 Å². The molecule has 1 aromatic heterocycles. The molecule has 0 spiro atoms. The van der Waals surface area contributed by atoms with Crippen molar-refractivity contribution in [3.63, 3.8) is 0 Å². The largest absolute Gasteiger partial charge is 0.484 e. The normalized spacial score (nSPS) is 10.5. The Morgan fingerprint density at radius 3 is 2.50 bits per heavy atom. The van der Waals surface area contributed by atoms with Crippen LogP contribution in [-0.2, 0) is 6.61 Å². The number of nitro groups is 1. The summed E-state index contributed by atoms with van der Waals surface area (Å²) in [4.78, 5) is 23.5. The van der Waals surface area contributed by atoms with Gasteiger partial charge in [0.1, 0.15) is 29.6 Å². The number of nitrogens with one attached hydrogen (secondary N) is 1. The first kappa shape index (κ1) is 22.9. The number of hydrogen-bond donors (Lipinski definition) is 1. The van der Waals surface area contributed by atoms with Gasteiger partial charge in [0, 0.05) is 12.1 Å². The average molecular weight is 479 g/mol. The molecule has 4 aromatic rings. The summed E-state index contributed by atoms with van der Waals surface area (Å²) in [5.41, 5.74) is 0.824. The van der Waals surface area contributed by atoms with E-state index in [4.69, 9.17) is 25.5 Å². The first-order chi connectivity index (χ1) is 16.4. The second-order valence-corrected chi connectivity index (χ2v) is 7.69. The van der Waals surface area contributed by atoms with Crippen LogP contribution in [0.3, 0.4) is 0 Å². The van der Waals surface area contributed by atoms with Crippen molar-refractivity contribution in [3.05, 3.63) is 111 Å². The zero-order valence-electron chi connectivity index (χ0n) is 18.0. The van der Waals surface area contributed by atoms with Crippen molar-refractivity contribution >= 4 is 28.9 Å². The SMILES string of the molecule is Cc1ccccc1Oc1cc(NC(=O)c2ccc(COc3ccccc3Cl)o2)cc([N+](=O)[O-])c1. The second-order valence-electron chi connectivity index (χ2n) is 7.28. The van der Waals surface area contributed by atoms with Gasteiger partial charge in [-0.25, -0.2) is 0 Å². The molecule has 3 aromatic carbocycles. The standard InChI is InChI=1S/C25H19ClN2O6/c1-16-6-2-4-8-22(16)34-20-13-17(12-18(14-20)28(30)31)27-25(29)24-11-10-19(33-24)15-32-23-9-5-3-7-21(23)26/h2-14H,15H2,1H3,(H,27,29). The van der Waals surface area contributed by atoms with Crippen LogP contribution < -0.4 is 14.8 Å². The number of benzene rings is 3. The summed E-state index contributed by atoms with van der Waals surface area (Å²) in [6.07, 6.45) is 0. The van der Waals surface area contributed by atoms with E-state index in [-0.39, 0.29) is 29.5 Å². The van der Waals surface area contributed by atoms with E-state index in [0.29, 0.717) is 22.3 Å². The summed E-state index contributed by atoms with van der Waals surface area (Å²) in [7, 11) is 0. The van der Waals surface area contributed by atoms with Gasteiger partial charge < -0.3 is 19.2 Å². The molecule has 4 rings (SSSR count). The fourth-order valence-electron chi connectivity index (χ4n) is 3.10. The zero-order valence-corrected chi connectivity index (χ0v) is 18.7. The summed E-state index contributed by atoms with van der Waals surface area (Å²) in [6, 6.07) is 21.4. The van der Waals surface area contributed by atoms with Crippen LogP contribution in [-0.4, -0.2) is 10.8 Å². The van der Waals surface area contributed by atoms with E-state index in [0.717, 1.165) is 5.56 Å². The summed E-state index contributed by atoms with van der Waals surface area (Å²) in [5.74, 6) is 1.11. The Bertz CT molecular complexity index is 1350. The number of non-ortho nitro benzene ring substituents is 1. The van der Waals surface area contributed by atoms with Crippen molar-refractivity contribution in [2.45, 2.75) is 13.5 Å². The smallest absolute Gasteiger partial charge is 0.291 e. The van der Waals surface area contributed by atoms with Gasteiger partial charge in [0.25, 0.3) is 11.6 Å². The maximum absolute atomic E-state index is 12.7. The maximum atomic E-state index is 12.7. The minimum absolute atomic E-state index is 0.0191. The molecule has 0 atom stereocenters. The van der Waals surface area contributed by atoms with Crippen LogP contribution in [0.4, 0.5) is 11.4 Å². The summed E-state index contributed by atoms with van der Waals surface area (Å²) in [5, 5.41) is 14.5. The Kier molecular flexibility index (Phi) is 6.79. The van der Waals surface area contributed by atoms with Crippen molar-refractivity contribution in [1.82, 2.24) is 0 Å². The number of carbonyl (C=O) groups excluding carboxylic acids is 1. The number of halogens is 1. The van der Waals surface area contributed by atoms with Crippen LogP contribution in [0.25, 0.3) is 0 Å². The number of rotatable bonds is 8. The monoisotopic (exact) mass is 478 g/mol. The minimum atomic E-state index is -0.577. The highest BCUT2D eigenvalue weighted by atomic mass is 35.5. The molecule has 0 fully saturated rings. The van der Waals surface area contributed by atoms with E-state index >= 15 is 0 Å². The van der Waals surface area contributed by atoms with Gasteiger partial charge in [-0.3, -0.25) is 14.9 Å². The van der Waals surface area contributed by atoms with Crippen molar-refractivity contribution in [2.24, 2.45) is 0 Å². The first-order valence-electron chi connectivity index (χ1n) is 10.2. The van der Waals surface area contributed by atoms with Crippen molar-refractivity contribution < 1.29 is 23.6 Å². The molecule has 0 saturated heterocycles. The number of anilines is 1. The van der Waals surface area contributed by atoms with Crippen LogP contribution >= 0.6 is 11.6 Å². The maximum Gasteiger partial charge on any atom is 0.291 e. The summed E-state index contributed by atoms with van der Waals surface area (Å²) in [6.45, 7) is 1.93. The van der Waals surface area contributed by atoms with Crippen LogP contribution in [0.15, 0.2) is 83.3 Å². The van der Waals surface area contributed by atoms with Crippen LogP contribution in [0.2, 0.25) is 5.02 Å². The van der Waals surface area contributed by atoms with Gasteiger partial charge in [0.05, 0.1) is 21.7 Å². The van der Waals surface area contributed by atoms with Gasteiger partial charge >= 0.3 is 0 Å². The molecule has 8 nitrogen and oxygen atoms in total. The van der Waals surface area contributed by atoms with E-state index < -0.39 is 10.8 Å². The van der Waals surface area contributed by atoms with E-state index in [1.54, 1.807) is 42.5 Å². The van der Waals surface area contributed by atoms with Gasteiger partial charge in [-0.05, 0) is 42.8 Å². The molecule has 9 heteroatoms. The molecular weight excluding hydrogens is 460 g/mol. The fourth-order valence-corrected chi connectivity index (χ4v) is 3.29. The number of para-hydroxylation sites is 2. The van der Waals surface area contributed by atoms with E-state index in [2.05, 4.69) is 5.32 Å². The van der Waals surface area contributed by atoms with E-state index in [9.17, 15) is 14.9 Å². The highest BCUT2D eigenvalue weighted by molar-refractivity contribution is 6.32. The van der Waals surface area contributed by atoms with Crippen LogP contribution in [0, 0.1) is 17.0 Å². The molecule has 0 unspecified atom stereocenters. The highest BCUT2D eigenvalue weighted by Gasteiger charge is 2.17. The molecule has 0 saturated carbocycles. The van der Waals surface area contributed by atoms with Gasteiger partial charge in [0.15, 0.2) is 5.76 Å². The van der Waals surface area contributed by atoms with E-state index in [1.165, 1.54) is 24.3 Å². The molecule has 1 heterocycles. The predicted octanol–water partition coefficient (Wildman–Crippen LogP) is 6.77. The van der Waals surface area contributed by atoms with E-state index in [1.807, 2.05) is 19.1 Å². The third-order valence-electron chi connectivity index (χ3n) is 4.77. The second kappa shape index (κ2) is 10.1. The topological polar surface area (TPSA) is 104 Å². The Morgan fingerprint density at radius 1 is 1.03 bits per heavy atom. The van der Waals surface area contributed by atoms with Gasteiger partial charge in [-0.15, -0.1) is 0 Å². The number of furan rings is 1. The zero-order chi connectivity index (χ0) is 24.1. The van der Waals surface area contributed by atoms with Crippen molar-refractivity contribution in [2.75, 3.05) is 5.32 Å². The first-order valence-corrected chi connectivity index (χ1v) is 10.6. The summed E-state index contributed by atoms with van der Waals surface area (Å²) >= 11 is 6.07. The molecule has 0 bridgehead atoms. The molecule has 0 aliphatic heterocycles. The average Bonchev–Trinajstić information content (AvgIpc) is 3.29. The highest BCUT2D eigenvalue weighted by Crippen LogP contribution is 2.31. The molecule has 34 heavy (non-hydrogen) atoms. The molecule has 0 aliphatic carbocycles. The Hall–Kier alpha value is -4.30. The Balaban J connectivity index is 1.48. The van der Waals surface area contributed by atoms with Crippen LogP contribution in [0.5, 0.6) is 17.2 Å². The lowest BCUT2D eigenvalue weighted by Crippen LogP contribution is -2.11. The lowest BCUT2D eigenvalue weighted by molar-refractivity contribution is -0.384. The number of hydrogen-bond acceptors (Lipinski definition) is 6. The molecule has 0 aliphatic rings. The van der Waals surface area contributed by atoms with Crippen LogP contribution in [0.1, 0.15) is 21.9 Å². The molecule has 0 radical (unpaired) electrons. The van der Waals surface area contributed by atoms with Gasteiger partial charge in [-0.1, -0.05) is 41.9 Å². The Labute approximate surface area is 199 Å². The number of carbonyl (C=O) groups is 1. The van der Waals surface area contributed by atoms with Crippen molar-refractivity contribution in [3.8, 4) is 17.2 Å². The minimum Gasteiger partial charge on any atom is -0.484 e. The van der Waals surface area contributed by atoms with Gasteiger partial charge in [-0.2, -0.15) is 0 Å². The molecule has 1 N–H and O–H groups in total. The third kappa shape index (κ3) is 5.54. The molecule has 172 valence electrons. The lowest BCUT2D eigenvalue weighted by atomic mass is 10.2. The number of nitrogens with zero attached hydrogens (tertiary/aromatic N) is 1. The quantitative estimate of drug-likeness (QED) is 0.221. The predicted molar refractivity (Wildman–Crippen MR) is 127 cm³/mol. The number of amides is 1. The molecule has 1 amide bonds. The summed E-state index contributed by atoms with van der Waals surface area (Å²) < 4.78 is 17.0. The molecular formula is C25H19ClN2O6. The lowest BCUT2D eigenvalue weighted by Gasteiger charge is -2.10. The Morgan fingerprint density at radius 2 is 1.76 bits per heavy atom. The number of ether oxygens (including phenoxy) is 2. The fraction of sp³-hybridized carbons (Fsp3) is 0.0800. The van der Waals surface area contributed by atoms with Gasteiger partial charge in [0.2, 0.25) is 0 Å². The number of nitro benzene ring substituents is 1.